The molecule has 2 aromatic carbocycles. The molecule has 0 fully saturated rings. The van der Waals surface area contributed by atoms with Gasteiger partial charge in [-0.25, -0.2) is 17.9 Å². The Hall–Kier alpha value is -2.64. The van der Waals surface area contributed by atoms with E-state index in [1.165, 1.54) is 12.1 Å². The molecule has 1 aromatic heterocycles. The van der Waals surface area contributed by atoms with E-state index < -0.39 is 16.0 Å². The SMILES string of the molecule is Cc1c(C(=O)O)oc2cc(S(=O)(=O)NCCc3ccccc3)ccc12. The maximum Gasteiger partial charge on any atom is 0.372 e. The highest BCUT2D eigenvalue weighted by molar-refractivity contribution is 7.89. The molecule has 7 heteroatoms. The maximum atomic E-state index is 12.4. The molecule has 6 nitrogen and oxygen atoms in total. The molecule has 0 aliphatic heterocycles. The second kappa shape index (κ2) is 6.70. The third-order valence-electron chi connectivity index (χ3n) is 3.96. The first-order chi connectivity index (χ1) is 11.9. The molecule has 3 rings (SSSR count). The van der Waals surface area contributed by atoms with Crippen LogP contribution < -0.4 is 4.72 Å². The normalized spacial score (nSPS) is 11.7. The van der Waals surface area contributed by atoms with Gasteiger partial charge in [-0.3, -0.25) is 0 Å². The third kappa shape index (κ3) is 3.57. The number of nitrogens with one attached hydrogen (secondary N) is 1. The summed E-state index contributed by atoms with van der Waals surface area (Å²) in [6.07, 6.45) is 0.575. The van der Waals surface area contributed by atoms with Crippen LogP contribution in [0.15, 0.2) is 57.8 Å². The molecule has 0 unspecified atom stereocenters. The van der Waals surface area contributed by atoms with Crippen LogP contribution in [0.25, 0.3) is 11.0 Å². The van der Waals surface area contributed by atoms with Crippen LogP contribution in [0.1, 0.15) is 21.7 Å². The Morgan fingerprint density at radius 1 is 1.16 bits per heavy atom. The van der Waals surface area contributed by atoms with Crippen molar-refractivity contribution in [2.45, 2.75) is 18.2 Å². The Labute approximate surface area is 145 Å². The van der Waals surface area contributed by atoms with E-state index in [0.29, 0.717) is 17.4 Å². The molecule has 0 saturated carbocycles. The number of rotatable bonds is 6. The van der Waals surface area contributed by atoms with Crippen LogP contribution in [0, 0.1) is 6.92 Å². The van der Waals surface area contributed by atoms with Gasteiger partial charge in [-0.15, -0.1) is 0 Å². The minimum Gasteiger partial charge on any atom is -0.475 e. The lowest BCUT2D eigenvalue weighted by molar-refractivity contribution is 0.0664. The number of hydrogen-bond donors (Lipinski definition) is 2. The van der Waals surface area contributed by atoms with Gasteiger partial charge in [0.15, 0.2) is 0 Å². The summed E-state index contributed by atoms with van der Waals surface area (Å²) in [6.45, 7) is 1.89. The van der Waals surface area contributed by atoms with Crippen LogP contribution >= 0.6 is 0 Å². The van der Waals surface area contributed by atoms with Crippen molar-refractivity contribution in [1.29, 1.82) is 0 Å². The molecule has 0 atom stereocenters. The molecular weight excluding hydrogens is 342 g/mol. The number of carboxylic acids is 1. The zero-order chi connectivity index (χ0) is 18.0. The van der Waals surface area contributed by atoms with Crippen molar-refractivity contribution >= 4 is 27.0 Å². The highest BCUT2D eigenvalue weighted by atomic mass is 32.2. The fourth-order valence-corrected chi connectivity index (χ4v) is 3.68. The zero-order valence-electron chi connectivity index (χ0n) is 13.5. The average molecular weight is 359 g/mol. The van der Waals surface area contributed by atoms with Crippen LogP contribution in [-0.4, -0.2) is 26.0 Å². The van der Waals surface area contributed by atoms with Gasteiger partial charge in [0.1, 0.15) is 5.58 Å². The standard InChI is InChI=1S/C18H17NO5S/c1-12-15-8-7-14(11-16(15)24-17(12)18(20)21)25(22,23)19-10-9-13-5-3-2-4-6-13/h2-8,11,19H,9-10H2,1H3,(H,20,21). The molecular formula is C18H17NO5S. The molecule has 130 valence electrons. The van der Waals surface area contributed by atoms with Crippen LogP contribution in [0.4, 0.5) is 0 Å². The summed E-state index contributed by atoms with van der Waals surface area (Å²) in [5, 5.41) is 9.68. The molecule has 2 N–H and O–H groups in total. The molecule has 0 saturated heterocycles. The van der Waals surface area contributed by atoms with Gasteiger partial charge < -0.3 is 9.52 Å². The number of aromatic carboxylic acids is 1. The predicted molar refractivity (Wildman–Crippen MR) is 93.2 cm³/mol. The zero-order valence-corrected chi connectivity index (χ0v) is 14.3. The summed E-state index contributed by atoms with van der Waals surface area (Å²) in [7, 11) is -3.70. The summed E-state index contributed by atoms with van der Waals surface area (Å²) in [5.74, 6) is -1.36. The lowest BCUT2D eigenvalue weighted by atomic mass is 10.1. The fourth-order valence-electron chi connectivity index (χ4n) is 2.63. The number of aryl methyl sites for hydroxylation is 1. The number of sulfonamides is 1. The monoisotopic (exact) mass is 359 g/mol. The summed E-state index contributed by atoms with van der Waals surface area (Å²) < 4.78 is 32.7. The Morgan fingerprint density at radius 3 is 2.56 bits per heavy atom. The first kappa shape index (κ1) is 17.2. The van der Waals surface area contributed by atoms with Gasteiger partial charge in [0.2, 0.25) is 15.8 Å². The van der Waals surface area contributed by atoms with Gasteiger partial charge in [0.05, 0.1) is 4.90 Å². The van der Waals surface area contributed by atoms with E-state index in [0.717, 1.165) is 5.56 Å². The maximum absolute atomic E-state index is 12.4. The van der Waals surface area contributed by atoms with Crippen LogP contribution in [0.2, 0.25) is 0 Å². The minimum absolute atomic E-state index is 0.0405. The Kier molecular flexibility index (Phi) is 4.61. The largest absolute Gasteiger partial charge is 0.475 e. The van der Waals surface area contributed by atoms with E-state index in [9.17, 15) is 13.2 Å². The number of carbonyl (C=O) groups is 1. The van der Waals surface area contributed by atoms with E-state index in [2.05, 4.69) is 4.72 Å². The number of hydrogen-bond acceptors (Lipinski definition) is 4. The lowest BCUT2D eigenvalue weighted by Crippen LogP contribution is -2.25. The molecule has 0 radical (unpaired) electrons. The Morgan fingerprint density at radius 2 is 1.88 bits per heavy atom. The van der Waals surface area contributed by atoms with E-state index in [1.807, 2.05) is 30.3 Å². The number of benzene rings is 2. The average Bonchev–Trinajstić information content (AvgIpc) is 2.92. The van der Waals surface area contributed by atoms with Crippen LogP contribution in [0.3, 0.4) is 0 Å². The lowest BCUT2D eigenvalue weighted by Gasteiger charge is -2.07. The van der Waals surface area contributed by atoms with Gasteiger partial charge in [-0.2, -0.15) is 0 Å². The van der Waals surface area contributed by atoms with Crippen molar-refractivity contribution < 1.29 is 22.7 Å². The minimum atomic E-state index is -3.70. The van der Waals surface area contributed by atoms with Crippen molar-refractivity contribution in [1.82, 2.24) is 4.72 Å². The summed E-state index contributed by atoms with van der Waals surface area (Å²) in [4.78, 5) is 11.2. The van der Waals surface area contributed by atoms with E-state index in [4.69, 9.17) is 9.52 Å². The first-order valence-electron chi connectivity index (χ1n) is 7.68. The summed E-state index contributed by atoms with van der Waals surface area (Å²) in [5.41, 5.74) is 1.75. The van der Waals surface area contributed by atoms with E-state index in [1.54, 1.807) is 13.0 Å². The highest BCUT2D eigenvalue weighted by Crippen LogP contribution is 2.27. The smallest absolute Gasteiger partial charge is 0.372 e. The summed E-state index contributed by atoms with van der Waals surface area (Å²) in [6, 6.07) is 13.9. The molecule has 25 heavy (non-hydrogen) atoms. The van der Waals surface area contributed by atoms with Gasteiger partial charge in [0.25, 0.3) is 0 Å². The van der Waals surface area contributed by atoms with Gasteiger partial charge in [-0.1, -0.05) is 30.3 Å². The second-order valence-electron chi connectivity index (χ2n) is 5.65. The second-order valence-corrected chi connectivity index (χ2v) is 7.42. The fraction of sp³-hybridized carbons (Fsp3) is 0.167. The number of furan rings is 1. The van der Waals surface area contributed by atoms with Crippen molar-refractivity contribution in [2.24, 2.45) is 0 Å². The summed E-state index contributed by atoms with van der Waals surface area (Å²) >= 11 is 0. The van der Waals surface area contributed by atoms with Gasteiger partial charge >= 0.3 is 5.97 Å². The van der Waals surface area contributed by atoms with Gasteiger partial charge in [0, 0.05) is 23.6 Å². The third-order valence-corrected chi connectivity index (χ3v) is 5.42. The molecule has 0 bridgehead atoms. The number of fused-ring (bicyclic) bond motifs is 1. The van der Waals surface area contributed by atoms with Crippen molar-refractivity contribution in [2.75, 3.05) is 6.54 Å². The molecule has 0 aliphatic carbocycles. The van der Waals surface area contributed by atoms with E-state index in [-0.39, 0.29) is 22.8 Å². The Balaban J connectivity index is 1.81. The van der Waals surface area contributed by atoms with Crippen molar-refractivity contribution in [3.63, 3.8) is 0 Å². The van der Waals surface area contributed by atoms with Crippen LogP contribution in [-0.2, 0) is 16.4 Å². The Bertz CT molecular complexity index is 1020. The van der Waals surface area contributed by atoms with Crippen LogP contribution in [0.5, 0.6) is 0 Å². The van der Waals surface area contributed by atoms with Crippen molar-refractivity contribution in [3.8, 4) is 0 Å². The molecule has 0 aliphatic rings. The quantitative estimate of drug-likeness (QED) is 0.705. The molecule has 1 heterocycles. The molecule has 0 amide bonds. The molecule has 3 aromatic rings. The topological polar surface area (TPSA) is 96.6 Å². The van der Waals surface area contributed by atoms with Gasteiger partial charge in [-0.05, 0) is 31.0 Å². The number of carboxylic acid groups (broad SMARTS) is 1. The van der Waals surface area contributed by atoms with Crippen molar-refractivity contribution in [3.05, 3.63) is 65.4 Å². The predicted octanol–water partition coefficient (Wildman–Crippen LogP) is 2.96. The molecule has 0 spiro atoms. The highest BCUT2D eigenvalue weighted by Gasteiger charge is 2.20. The van der Waals surface area contributed by atoms with E-state index >= 15 is 0 Å². The first-order valence-corrected chi connectivity index (χ1v) is 9.17.